The van der Waals surface area contributed by atoms with Crippen molar-refractivity contribution in [3.05, 3.63) is 28.8 Å². The second-order valence-corrected chi connectivity index (χ2v) is 6.04. The summed E-state index contributed by atoms with van der Waals surface area (Å²) in [7, 11) is -4.34. The van der Waals surface area contributed by atoms with Crippen molar-refractivity contribution in [2.45, 2.75) is 25.7 Å². The quantitative estimate of drug-likeness (QED) is 0.550. The van der Waals surface area contributed by atoms with Crippen molar-refractivity contribution in [3.63, 3.8) is 0 Å². The molecule has 0 aliphatic carbocycles. The van der Waals surface area contributed by atoms with E-state index in [0.29, 0.717) is 16.3 Å². The van der Waals surface area contributed by atoms with E-state index < -0.39 is 10.1 Å². The minimum Gasteiger partial charge on any atom is -0.507 e. The van der Waals surface area contributed by atoms with Gasteiger partial charge in [-0.05, 0) is 48.9 Å². The summed E-state index contributed by atoms with van der Waals surface area (Å²) in [5.41, 5.74) is 7.80. The van der Waals surface area contributed by atoms with Gasteiger partial charge in [-0.1, -0.05) is 6.07 Å². The van der Waals surface area contributed by atoms with E-state index in [1.165, 1.54) is 13.0 Å². The maximum absolute atomic E-state index is 11.3. The molecule has 19 heavy (non-hydrogen) atoms. The van der Waals surface area contributed by atoms with Crippen LogP contribution in [0.25, 0.3) is 10.8 Å². The normalized spacial score (nSPS) is 12.0. The van der Waals surface area contributed by atoms with Crippen molar-refractivity contribution in [3.8, 4) is 5.75 Å². The van der Waals surface area contributed by atoms with E-state index in [1.54, 1.807) is 19.9 Å². The molecule has 6 heteroatoms. The van der Waals surface area contributed by atoms with Gasteiger partial charge in [0.05, 0.1) is 4.90 Å². The lowest BCUT2D eigenvalue weighted by molar-refractivity contribution is 0.476. The monoisotopic (exact) mass is 281 g/mol. The number of fused-ring (bicyclic) bond motifs is 1. The molecule has 0 amide bonds. The number of aromatic hydroxyl groups is 1. The van der Waals surface area contributed by atoms with Gasteiger partial charge in [-0.2, -0.15) is 8.42 Å². The fraction of sp³-hybridized carbons (Fsp3) is 0.231. The van der Waals surface area contributed by atoms with Gasteiger partial charge in [0, 0.05) is 11.1 Å². The van der Waals surface area contributed by atoms with Crippen LogP contribution >= 0.6 is 0 Å². The van der Waals surface area contributed by atoms with Crippen LogP contribution in [0.4, 0.5) is 5.69 Å². The molecule has 0 aromatic heterocycles. The highest BCUT2D eigenvalue weighted by molar-refractivity contribution is 7.85. The van der Waals surface area contributed by atoms with Crippen LogP contribution in [-0.2, 0) is 10.1 Å². The van der Waals surface area contributed by atoms with Crippen LogP contribution in [0.3, 0.4) is 0 Å². The molecule has 5 nitrogen and oxygen atoms in total. The van der Waals surface area contributed by atoms with Crippen molar-refractivity contribution in [2.75, 3.05) is 5.73 Å². The number of phenolic OH excluding ortho intramolecular Hbond substituents is 1. The predicted molar refractivity (Wildman–Crippen MR) is 74.1 cm³/mol. The smallest absolute Gasteiger partial charge is 0.294 e. The van der Waals surface area contributed by atoms with Crippen LogP contribution < -0.4 is 5.73 Å². The van der Waals surface area contributed by atoms with Crippen molar-refractivity contribution in [2.24, 2.45) is 0 Å². The second-order valence-electron chi connectivity index (χ2n) is 4.65. The number of hydrogen-bond acceptors (Lipinski definition) is 4. The lowest BCUT2D eigenvalue weighted by Crippen LogP contribution is -2.05. The van der Waals surface area contributed by atoms with Crippen LogP contribution in [0.5, 0.6) is 5.75 Å². The zero-order valence-electron chi connectivity index (χ0n) is 10.9. The fourth-order valence-corrected chi connectivity index (χ4v) is 2.93. The highest BCUT2D eigenvalue weighted by Crippen LogP contribution is 2.38. The van der Waals surface area contributed by atoms with Gasteiger partial charge in [0.2, 0.25) is 0 Å². The Morgan fingerprint density at radius 3 is 2.21 bits per heavy atom. The van der Waals surface area contributed by atoms with E-state index in [1.807, 2.05) is 0 Å². The summed E-state index contributed by atoms with van der Waals surface area (Å²) in [5, 5.41) is 11.0. The summed E-state index contributed by atoms with van der Waals surface area (Å²) in [6, 6.07) is 3.05. The first-order valence-corrected chi connectivity index (χ1v) is 7.08. The third-order valence-electron chi connectivity index (χ3n) is 3.45. The molecule has 0 bridgehead atoms. The number of benzene rings is 2. The van der Waals surface area contributed by atoms with E-state index >= 15 is 0 Å². The van der Waals surface area contributed by atoms with Gasteiger partial charge < -0.3 is 10.8 Å². The van der Waals surface area contributed by atoms with Crippen LogP contribution in [0.2, 0.25) is 0 Å². The number of aryl methyl sites for hydroxylation is 1. The number of nitrogens with two attached hydrogens (primary N) is 1. The van der Waals surface area contributed by atoms with Crippen LogP contribution in [-0.4, -0.2) is 18.1 Å². The number of rotatable bonds is 1. The van der Waals surface area contributed by atoms with E-state index in [-0.39, 0.29) is 21.9 Å². The highest BCUT2D eigenvalue weighted by Gasteiger charge is 2.20. The predicted octanol–water partition coefficient (Wildman–Crippen LogP) is 2.30. The molecule has 2 aromatic rings. The SMILES string of the molecule is Cc1cc2cc(S(=O)(=O)O)c(C)c(N)c2c(O)c1C. The Kier molecular flexibility index (Phi) is 2.95. The summed E-state index contributed by atoms with van der Waals surface area (Å²) in [4.78, 5) is -0.236. The Morgan fingerprint density at radius 1 is 1.11 bits per heavy atom. The third kappa shape index (κ3) is 2.02. The number of hydrogen-bond donors (Lipinski definition) is 3. The van der Waals surface area contributed by atoms with Crippen LogP contribution in [0, 0.1) is 20.8 Å². The summed E-state index contributed by atoms with van der Waals surface area (Å²) in [6.07, 6.45) is 0. The fourth-order valence-electron chi connectivity index (χ4n) is 2.16. The van der Waals surface area contributed by atoms with Gasteiger partial charge in [0.15, 0.2) is 0 Å². The van der Waals surface area contributed by atoms with Crippen LogP contribution in [0.1, 0.15) is 16.7 Å². The van der Waals surface area contributed by atoms with Gasteiger partial charge >= 0.3 is 0 Å². The van der Waals surface area contributed by atoms with Crippen molar-refractivity contribution in [1.29, 1.82) is 0 Å². The van der Waals surface area contributed by atoms with Crippen molar-refractivity contribution < 1.29 is 18.1 Å². The largest absolute Gasteiger partial charge is 0.507 e. The first-order valence-electron chi connectivity index (χ1n) is 5.64. The molecule has 0 saturated heterocycles. The van der Waals surface area contributed by atoms with E-state index in [0.717, 1.165) is 5.56 Å². The van der Waals surface area contributed by atoms with Crippen LogP contribution in [0.15, 0.2) is 17.0 Å². The second kappa shape index (κ2) is 4.11. The van der Waals surface area contributed by atoms with Gasteiger partial charge in [0.25, 0.3) is 10.1 Å². The minimum atomic E-state index is -4.34. The first-order chi connectivity index (χ1) is 8.64. The van der Waals surface area contributed by atoms with E-state index in [4.69, 9.17) is 5.73 Å². The van der Waals surface area contributed by atoms with Crippen molar-refractivity contribution in [1.82, 2.24) is 0 Å². The molecule has 0 aliphatic heterocycles. The molecule has 102 valence electrons. The molecular formula is C13H15NO4S. The Balaban J connectivity index is 3.06. The number of phenols is 1. The average Bonchev–Trinajstić information content (AvgIpc) is 2.29. The Bertz CT molecular complexity index is 794. The number of anilines is 1. The summed E-state index contributed by atoms with van der Waals surface area (Å²) in [6.45, 7) is 5.06. The molecule has 2 aromatic carbocycles. The first kappa shape index (κ1) is 13.6. The maximum atomic E-state index is 11.3. The third-order valence-corrected chi connectivity index (χ3v) is 4.43. The molecule has 0 saturated carbocycles. The summed E-state index contributed by atoms with van der Waals surface area (Å²) >= 11 is 0. The van der Waals surface area contributed by atoms with Crippen molar-refractivity contribution >= 4 is 26.6 Å². The highest BCUT2D eigenvalue weighted by atomic mass is 32.2. The summed E-state index contributed by atoms with van der Waals surface area (Å²) < 4.78 is 31.8. The average molecular weight is 281 g/mol. The molecule has 2 rings (SSSR count). The molecule has 0 atom stereocenters. The van der Waals surface area contributed by atoms with Gasteiger partial charge in [-0.25, -0.2) is 0 Å². The Hall–Kier alpha value is -1.79. The lowest BCUT2D eigenvalue weighted by Gasteiger charge is -2.14. The lowest BCUT2D eigenvalue weighted by atomic mass is 9.98. The van der Waals surface area contributed by atoms with E-state index in [9.17, 15) is 18.1 Å². The maximum Gasteiger partial charge on any atom is 0.294 e. The summed E-state index contributed by atoms with van der Waals surface area (Å²) in [5.74, 6) is 0.0393. The van der Waals surface area contributed by atoms with Gasteiger partial charge in [-0.15, -0.1) is 0 Å². The zero-order valence-corrected chi connectivity index (χ0v) is 11.7. The Morgan fingerprint density at radius 2 is 1.68 bits per heavy atom. The van der Waals surface area contributed by atoms with Gasteiger partial charge in [0.1, 0.15) is 5.75 Å². The standard InChI is InChI=1S/C13H15NO4S/c1-6-4-9-5-10(19(16,17)18)8(3)12(14)11(9)13(15)7(6)2/h4-5,15H,14H2,1-3H3,(H,16,17,18). The molecule has 0 heterocycles. The molecule has 0 aliphatic rings. The molecule has 0 radical (unpaired) electrons. The minimum absolute atomic E-state index is 0.0393. The molecule has 0 fully saturated rings. The molecular weight excluding hydrogens is 266 g/mol. The molecule has 0 spiro atoms. The van der Waals surface area contributed by atoms with Gasteiger partial charge in [-0.3, -0.25) is 4.55 Å². The van der Waals surface area contributed by atoms with E-state index in [2.05, 4.69) is 0 Å². The topological polar surface area (TPSA) is 101 Å². The number of nitrogen functional groups attached to an aromatic ring is 1. The molecule has 0 unspecified atom stereocenters. The Labute approximate surface area is 111 Å². The zero-order chi connectivity index (χ0) is 14.5. The molecule has 4 N–H and O–H groups in total.